The molecule has 2 aromatic carbocycles. The van der Waals surface area contributed by atoms with Gasteiger partial charge in [-0.3, -0.25) is 0 Å². The number of aliphatic hydroxyl groups is 1. The van der Waals surface area contributed by atoms with E-state index in [1.165, 1.54) is 10.4 Å². The Hall–Kier alpha value is -1.54. The normalized spacial score (nSPS) is 27.4. The summed E-state index contributed by atoms with van der Waals surface area (Å²) in [4.78, 5) is 0. The maximum Gasteiger partial charge on any atom is 0.261 e. The Morgan fingerprint density at radius 1 is 0.938 bits per heavy atom. The summed E-state index contributed by atoms with van der Waals surface area (Å²) in [5.41, 5.74) is 0. The van der Waals surface area contributed by atoms with Gasteiger partial charge in [0, 0.05) is 12.5 Å². The van der Waals surface area contributed by atoms with E-state index in [0.29, 0.717) is 13.0 Å². The molecular formula is C26H36O5Si. The monoisotopic (exact) mass is 456 g/mol. The number of benzene rings is 2. The molecule has 2 heterocycles. The number of aliphatic hydroxyl groups excluding tert-OH is 1. The van der Waals surface area contributed by atoms with Gasteiger partial charge in [0.15, 0.2) is 12.1 Å². The summed E-state index contributed by atoms with van der Waals surface area (Å²) in [6, 6.07) is 21.3. The van der Waals surface area contributed by atoms with Crippen LogP contribution in [-0.2, 0) is 18.6 Å². The average molecular weight is 457 g/mol. The van der Waals surface area contributed by atoms with Gasteiger partial charge in [-0.25, -0.2) is 0 Å². The first-order valence-corrected chi connectivity index (χ1v) is 13.5. The van der Waals surface area contributed by atoms with Crippen LogP contribution in [-0.4, -0.2) is 50.9 Å². The van der Waals surface area contributed by atoms with Crippen LogP contribution in [0.25, 0.3) is 0 Å². The van der Waals surface area contributed by atoms with Gasteiger partial charge in [0.2, 0.25) is 0 Å². The summed E-state index contributed by atoms with van der Waals surface area (Å²) in [5.74, 6) is -0.802. The molecule has 4 atom stereocenters. The molecule has 2 fully saturated rings. The molecule has 6 heteroatoms. The molecule has 0 radical (unpaired) electrons. The molecule has 32 heavy (non-hydrogen) atoms. The topological polar surface area (TPSA) is 57.2 Å². The molecule has 0 aromatic heterocycles. The van der Waals surface area contributed by atoms with Gasteiger partial charge < -0.3 is 23.7 Å². The van der Waals surface area contributed by atoms with E-state index in [1.54, 1.807) is 0 Å². The van der Waals surface area contributed by atoms with Crippen molar-refractivity contribution in [3.63, 3.8) is 0 Å². The van der Waals surface area contributed by atoms with E-state index >= 15 is 0 Å². The zero-order valence-corrected chi connectivity index (χ0v) is 20.8. The van der Waals surface area contributed by atoms with Crippen molar-refractivity contribution in [2.24, 2.45) is 5.92 Å². The van der Waals surface area contributed by atoms with Crippen molar-refractivity contribution in [3.05, 3.63) is 60.7 Å². The Balaban J connectivity index is 1.57. The van der Waals surface area contributed by atoms with Crippen LogP contribution >= 0.6 is 0 Å². The van der Waals surface area contributed by atoms with Gasteiger partial charge in [-0.05, 0) is 35.7 Å². The second-order valence-corrected chi connectivity index (χ2v) is 14.6. The molecule has 5 nitrogen and oxygen atoms in total. The maximum absolute atomic E-state index is 10.1. The Morgan fingerprint density at radius 3 is 2.00 bits per heavy atom. The second kappa shape index (κ2) is 9.01. The summed E-state index contributed by atoms with van der Waals surface area (Å²) >= 11 is 0. The van der Waals surface area contributed by atoms with Gasteiger partial charge in [-0.15, -0.1) is 0 Å². The Bertz CT molecular complexity index is 841. The van der Waals surface area contributed by atoms with Crippen LogP contribution in [0.4, 0.5) is 0 Å². The van der Waals surface area contributed by atoms with Crippen molar-refractivity contribution >= 4 is 18.7 Å². The highest BCUT2D eigenvalue weighted by molar-refractivity contribution is 6.99. The summed E-state index contributed by atoms with van der Waals surface area (Å²) in [7, 11) is -2.59. The van der Waals surface area contributed by atoms with Gasteiger partial charge in [0.05, 0.1) is 12.7 Å². The van der Waals surface area contributed by atoms with Gasteiger partial charge in [0.1, 0.15) is 6.10 Å². The molecule has 2 aromatic rings. The molecular weight excluding hydrogens is 420 g/mol. The van der Waals surface area contributed by atoms with Crippen molar-refractivity contribution in [1.82, 2.24) is 0 Å². The third kappa shape index (κ3) is 4.32. The van der Waals surface area contributed by atoms with Gasteiger partial charge in [-0.1, -0.05) is 81.4 Å². The third-order valence-corrected chi connectivity index (χ3v) is 11.7. The molecule has 2 aliphatic heterocycles. The van der Waals surface area contributed by atoms with E-state index in [-0.39, 0.29) is 29.8 Å². The smallest absolute Gasteiger partial charge is 0.261 e. The van der Waals surface area contributed by atoms with Crippen LogP contribution in [0, 0.1) is 5.92 Å². The van der Waals surface area contributed by atoms with Crippen molar-refractivity contribution in [2.45, 2.75) is 70.4 Å². The highest BCUT2D eigenvalue weighted by Crippen LogP contribution is 2.42. The minimum atomic E-state index is -2.59. The van der Waals surface area contributed by atoms with Crippen LogP contribution in [0.2, 0.25) is 5.04 Å². The Labute approximate surface area is 192 Å². The predicted octanol–water partition coefficient (Wildman–Crippen LogP) is 3.44. The molecule has 2 saturated heterocycles. The van der Waals surface area contributed by atoms with Crippen molar-refractivity contribution in [1.29, 1.82) is 0 Å². The largest absolute Gasteiger partial charge is 0.407 e. The summed E-state index contributed by atoms with van der Waals surface area (Å²) in [5, 5.41) is 12.5. The molecule has 1 N–H and O–H groups in total. The number of ether oxygens (including phenoxy) is 3. The average Bonchev–Trinajstić information content (AvgIpc) is 3.22. The van der Waals surface area contributed by atoms with Gasteiger partial charge >= 0.3 is 0 Å². The van der Waals surface area contributed by atoms with E-state index in [1.807, 2.05) is 13.8 Å². The van der Waals surface area contributed by atoms with E-state index in [2.05, 4.69) is 81.4 Å². The van der Waals surface area contributed by atoms with E-state index in [9.17, 15) is 5.11 Å². The van der Waals surface area contributed by atoms with Crippen molar-refractivity contribution < 1.29 is 23.7 Å². The van der Waals surface area contributed by atoms with Crippen LogP contribution in [0.3, 0.4) is 0 Å². The minimum absolute atomic E-state index is 0.00445. The molecule has 0 spiro atoms. The number of fused-ring (bicyclic) bond motifs is 1. The lowest BCUT2D eigenvalue weighted by Crippen LogP contribution is -2.66. The first-order chi connectivity index (χ1) is 15.2. The highest BCUT2D eigenvalue weighted by atomic mass is 28.4. The Morgan fingerprint density at radius 2 is 1.50 bits per heavy atom. The lowest BCUT2D eigenvalue weighted by atomic mass is 9.97. The van der Waals surface area contributed by atoms with Crippen LogP contribution in [0.15, 0.2) is 60.7 Å². The Kier molecular flexibility index (Phi) is 6.65. The fourth-order valence-corrected chi connectivity index (χ4v) is 9.81. The summed E-state index contributed by atoms with van der Waals surface area (Å²) in [6.07, 6.45) is -0.159. The molecule has 0 aliphatic carbocycles. The zero-order chi connectivity index (χ0) is 23.0. The third-order valence-electron chi connectivity index (χ3n) is 6.65. The summed E-state index contributed by atoms with van der Waals surface area (Å²) < 4.78 is 25.0. The molecule has 2 aliphatic rings. The quantitative estimate of drug-likeness (QED) is 0.647. The van der Waals surface area contributed by atoms with Crippen molar-refractivity contribution in [3.8, 4) is 0 Å². The fraction of sp³-hybridized carbons (Fsp3) is 0.538. The van der Waals surface area contributed by atoms with Crippen LogP contribution in [0.5, 0.6) is 0 Å². The molecule has 0 amide bonds. The van der Waals surface area contributed by atoms with Gasteiger partial charge in [0.25, 0.3) is 8.32 Å². The molecule has 4 rings (SSSR count). The maximum atomic E-state index is 10.1. The van der Waals surface area contributed by atoms with E-state index < -0.39 is 20.4 Å². The number of hydrogen-bond donors (Lipinski definition) is 1. The lowest BCUT2D eigenvalue weighted by molar-refractivity contribution is -0.212. The van der Waals surface area contributed by atoms with E-state index in [0.717, 1.165) is 0 Å². The minimum Gasteiger partial charge on any atom is -0.407 e. The number of hydrogen-bond acceptors (Lipinski definition) is 5. The second-order valence-electron chi connectivity index (χ2n) is 10.3. The molecule has 174 valence electrons. The van der Waals surface area contributed by atoms with Crippen LogP contribution in [0.1, 0.15) is 41.0 Å². The number of rotatable bonds is 7. The van der Waals surface area contributed by atoms with Crippen molar-refractivity contribution in [2.75, 3.05) is 13.2 Å². The van der Waals surface area contributed by atoms with E-state index in [4.69, 9.17) is 18.6 Å². The molecule has 0 bridgehead atoms. The predicted molar refractivity (Wildman–Crippen MR) is 127 cm³/mol. The van der Waals surface area contributed by atoms with Crippen LogP contribution < -0.4 is 10.4 Å². The summed E-state index contributed by atoms with van der Waals surface area (Å²) in [6.45, 7) is 11.1. The molecule has 0 saturated carbocycles. The SMILES string of the molecule is CC1(C)O[C@H]2O[C@H](CCO[Si](c3ccccc3)(c3ccccc3)C(C)(C)C)[C@@H](CO)[C@H]2O1. The first kappa shape index (κ1) is 23.6. The fourth-order valence-electron chi connectivity index (χ4n) is 5.23. The van der Waals surface area contributed by atoms with Gasteiger partial charge in [-0.2, -0.15) is 0 Å². The molecule has 0 unspecified atom stereocenters. The standard InChI is InChI=1S/C26H36O5Si/c1-25(2,3)32(19-12-8-6-9-13-19,20-14-10-7-11-15-20)28-17-16-22-21(18-27)23-24(29-22)31-26(4,5)30-23/h6-15,21-24,27H,16-18H2,1-5H3/t21-,22-,23-,24-/m1/s1. The highest BCUT2D eigenvalue weighted by Gasteiger charge is 2.55. The first-order valence-electron chi connectivity index (χ1n) is 11.5. The lowest BCUT2D eigenvalue weighted by Gasteiger charge is -2.43. The zero-order valence-electron chi connectivity index (χ0n) is 19.8.